The van der Waals surface area contributed by atoms with E-state index in [0.717, 1.165) is 17.7 Å². The lowest BCUT2D eigenvalue weighted by Gasteiger charge is -2.18. The lowest BCUT2D eigenvalue weighted by Crippen LogP contribution is -2.23. The molecule has 0 aliphatic carbocycles. The third-order valence-corrected chi connectivity index (χ3v) is 4.46. The maximum absolute atomic E-state index is 11.8. The third-order valence-electron chi connectivity index (χ3n) is 3.49. The van der Waals surface area contributed by atoms with Gasteiger partial charge >= 0.3 is 0 Å². The fourth-order valence-corrected chi connectivity index (χ4v) is 3.24. The summed E-state index contributed by atoms with van der Waals surface area (Å²) in [4.78, 5) is 13.0. The Kier molecular flexibility index (Phi) is 3.40. The minimum atomic E-state index is -0.00879. The van der Waals surface area contributed by atoms with Crippen LogP contribution in [0.2, 0.25) is 0 Å². The number of carbonyl (C=O) groups excluding carboxylic acids is 1. The number of carbonyl (C=O) groups is 1. The molecule has 2 aromatic rings. The highest BCUT2D eigenvalue weighted by molar-refractivity contribution is 7.10. The van der Waals surface area contributed by atoms with Crippen LogP contribution in [0.1, 0.15) is 35.4 Å². The first kappa shape index (κ1) is 13.1. The van der Waals surface area contributed by atoms with E-state index in [2.05, 4.69) is 42.4 Å². The largest absolute Gasteiger partial charge is 0.273 e. The Hall–Kier alpha value is -1.94. The normalized spacial score (nSPS) is 18.2. The molecule has 3 nitrogen and oxygen atoms in total. The van der Waals surface area contributed by atoms with E-state index in [0.29, 0.717) is 0 Å². The Bertz CT molecular complexity index is 644. The number of rotatable bonds is 2. The topological polar surface area (TPSA) is 32.7 Å². The molecular formula is C16H16N2OS. The summed E-state index contributed by atoms with van der Waals surface area (Å²) in [5.41, 5.74) is 3.31. The van der Waals surface area contributed by atoms with E-state index in [1.165, 1.54) is 10.4 Å². The molecule has 1 unspecified atom stereocenters. The molecule has 2 heterocycles. The molecule has 1 amide bonds. The minimum absolute atomic E-state index is 0.00879. The molecular weight excluding hydrogens is 268 g/mol. The number of nitrogens with zero attached hydrogens (tertiary/aromatic N) is 2. The summed E-state index contributed by atoms with van der Waals surface area (Å²) in [5, 5.41) is 8.18. The number of aryl methyl sites for hydroxylation is 1. The molecule has 0 saturated heterocycles. The van der Waals surface area contributed by atoms with E-state index in [-0.39, 0.29) is 11.9 Å². The molecule has 0 spiro atoms. The number of thiophene rings is 1. The van der Waals surface area contributed by atoms with Gasteiger partial charge in [-0.15, -0.1) is 11.3 Å². The van der Waals surface area contributed by atoms with Crippen molar-refractivity contribution in [2.75, 3.05) is 0 Å². The quantitative estimate of drug-likeness (QED) is 0.826. The first-order valence-electron chi connectivity index (χ1n) is 6.63. The van der Waals surface area contributed by atoms with E-state index in [4.69, 9.17) is 0 Å². The van der Waals surface area contributed by atoms with Crippen LogP contribution in [0.4, 0.5) is 0 Å². The fraction of sp³-hybridized carbons (Fsp3) is 0.250. The third kappa shape index (κ3) is 2.39. The van der Waals surface area contributed by atoms with Crippen LogP contribution in [0, 0.1) is 6.92 Å². The molecule has 1 aliphatic heterocycles. The van der Waals surface area contributed by atoms with Crippen molar-refractivity contribution < 1.29 is 4.79 Å². The van der Waals surface area contributed by atoms with Gasteiger partial charge in [-0.2, -0.15) is 5.10 Å². The average Bonchev–Trinajstić information content (AvgIpc) is 3.08. The summed E-state index contributed by atoms with van der Waals surface area (Å²) in [5.74, 6) is -0.00879. The second-order valence-electron chi connectivity index (χ2n) is 5.01. The molecule has 4 heteroatoms. The lowest BCUT2D eigenvalue weighted by atomic mass is 10.0. The molecule has 0 radical (unpaired) electrons. The van der Waals surface area contributed by atoms with E-state index >= 15 is 0 Å². The number of hydrogen-bond acceptors (Lipinski definition) is 3. The molecule has 0 N–H and O–H groups in total. The van der Waals surface area contributed by atoms with Gasteiger partial charge in [-0.25, -0.2) is 5.01 Å². The number of amides is 1. The van der Waals surface area contributed by atoms with E-state index < -0.39 is 0 Å². The van der Waals surface area contributed by atoms with Crippen LogP contribution in [-0.4, -0.2) is 16.6 Å². The van der Waals surface area contributed by atoms with Gasteiger partial charge in [0.2, 0.25) is 5.91 Å². The maximum Gasteiger partial charge on any atom is 0.240 e. The number of hydrazone groups is 1. The van der Waals surface area contributed by atoms with Crippen molar-refractivity contribution in [2.45, 2.75) is 26.3 Å². The van der Waals surface area contributed by atoms with Crippen molar-refractivity contribution in [2.24, 2.45) is 5.10 Å². The van der Waals surface area contributed by atoms with Crippen LogP contribution in [0.25, 0.3) is 0 Å². The highest BCUT2D eigenvalue weighted by atomic mass is 32.1. The van der Waals surface area contributed by atoms with Gasteiger partial charge in [-0.1, -0.05) is 35.9 Å². The van der Waals surface area contributed by atoms with Crippen molar-refractivity contribution in [1.82, 2.24) is 5.01 Å². The van der Waals surface area contributed by atoms with E-state index in [9.17, 15) is 4.79 Å². The predicted molar refractivity (Wildman–Crippen MR) is 81.9 cm³/mol. The van der Waals surface area contributed by atoms with Gasteiger partial charge in [0.25, 0.3) is 0 Å². The van der Waals surface area contributed by atoms with Gasteiger partial charge in [-0.05, 0) is 23.9 Å². The summed E-state index contributed by atoms with van der Waals surface area (Å²) >= 11 is 1.67. The Morgan fingerprint density at radius 1 is 1.30 bits per heavy atom. The molecule has 3 rings (SSSR count). The van der Waals surface area contributed by atoms with Gasteiger partial charge in [0, 0.05) is 18.2 Å². The van der Waals surface area contributed by atoms with Crippen molar-refractivity contribution in [3.8, 4) is 0 Å². The lowest BCUT2D eigenvalue weighted by molar-refractivity contribution is -0.130. The number of hydrogen-bond donors (Lipinski definition) is 0. The Morgan fingerprint density at radius 2 is 2.05 bits per heavy atom. The van der Waals surface area contributed by atoms with Crippen LogP contribution in [-0.2, 0) is 4.79 Å². The van der Waals surface area contributed by atoms with Crippen molar-refractivity contribution in [1.29, 1.82) is 0 Å². The minimum Gasteiger partial charge on any atom is -0.273 e. The zero-order valence-corrected chi connectivity index (χ0v) is 12.4. The Balaban J connectivity index is 1.92. The van der Waals surface area contributed by atoms with E-state index in [1.54, 1.807) is 23.3 Å². The van der Waals surface area contributed by atoms with Gasteiger partial charge in [0.15, 0.2) is 0 Å². The SMILES string of the molecule is CC(=O)N1N=C(c2ccc(C)cc2)CC1c1cccs1. The molecule has 1 aromatic carbocycles. The van der Waals surface area contributed by atoms with Crippen LogP contribution in [0.15, 0.2) is 46.9 Å². The summed E-state index contributed by atoms with van der Waals surface area (Å²) in [6, 6.07) is 12.4. The Labute approximate surface area is 122 Å². The summed E-state index contributed by atoms with van der Waals surface area (Å²) in [6.45, 7) is 3.64. The standard InChI is InChI=1S/C16H16N2OS/c1-11-5-7-13(8-6-11)14-10-15(16-4-3-9-20-16)18(17-14)12(2)19/h3-9,15H,10H2,1-2H3. The van der Waals surface area contributed by atoms with Crippen LogP contribution >= 0.6 is 11.3 Å². The predicted octanol–water partition coefficient (Wildman–Crippen LogP) is 3.75. The molecule has 0 bridgehead atoms. The van der Waals surface area contributed by atoms with Crippen LogP contribution < -0.4 is 0 Å². The summed E-state index contributed by atoms with van der Waals surface area (Å²) < 4.78 is 0. The molecule has 1 aliphatic rings. The van der Waals surface area contributed by atoms with Gasteiger partial charge < -0.3 is 0 Å². The monoisotopic (exact) mass is 284 g/mol. The molecule has 1 aromatic heterocycles. The summed E-state index contributed by atoms with van der Waals surface area (Å²) in [7, 11) is 0. The molecule has 102 valence electrons. The second kappa shape index (κ2) is 5.21. The Morgan fingerprint density at radius 3 is 2.65 bits per heavy atom. The second-order valence-corrected chi connectivity index (χ2v) is 5.99. The first-order chi connectivity index (χ1) is 9.65. The van der Waals surface area contributed by atoms with Crippen LogP contribution in [0.5, 0.6) is 0 Å². The van der Waals surface area contributed by atoms with Crippen molar-refractivity contribution in [3.63, 3.8) is 0 Å². The van der Waals surface area contributed by atoms with Crippen molar-refractivity contribution in [3.05, 3.63) is 57.8 Å². The highest BCUT2D eigenvalue weighted by Gasteiger charge is 2.31. The van der Waals surface area contributed by atoms with Crippen molar-refractivity contribution >= 4 is 23.0 Å². The van der Waals surface area contributed by atoms with Crippen LogP contribution in [0.3, 0.4) is 0 Å². The van der Waals surface area contributed by atoms with Gasteiger partial charge in [0.05, 0.1) is 11.8 Å². The zero-order chi connectivity index (χ0) is 14.1. The first-order valence-corrected chi connectivity index (χ1v) is 7.51. The molecule has 1 atom stereocenters. The highest BCUT2D eigenvalue weighted by Crippen LogP contribution is 2.34. The fourth-order valence-electron chi connectivity index (χ4n) is 2.42. The smallest absolute Gasteiger partial charge is 0.240 e. The molecule has 20 heavy (non-hydrogen) atoms. The molecule has 0 saturated carbocycles. The average molecular weight is 284 g/mol. The van der Waals surface area contributed by atoms with Gasteiger partial charge in [0.1, 0.15) is 0 Å². The maximum atomic E-state index is 11.8. The van der Waals surface area contributed by atoms with Gasteiger partial charge in [-0.3, -0.25) is 4.79 Å². The number of benzene rings is 1. The van der Waals surface area contributed by atoms with E-state index in [1.807, 2.05) is 11.4 Å². The molecule has 0 fully saturated rings. The summed E-state index contributed by atoms with van der Waals surface area (Å²) in [6.07, 6.45) is 0.781. The zero-order valence-electron chi connectivity index (χ0n) is 11.5.